The minimum Gasteiger partial charge on any atom is -0.356 e. The second-order valence-corrected chi connectivity index (χ2v) is 14.8. The number of anilines is 4. The van der Waals surface area contributed by atoms with Gasteiger partial charge in [-0.3, -0.25) is 0 Å². The predicted molar refractivity (Wildman–Crippen MR) is 279 cm³/mol. The molecule has 0 saturated carbocycles. The zero-order valence-electron chi connectivity index (χ0n) is 38.5. The molecule has 62 heavy (non-hydrogen) atoms. The number of benzene rings is 4. The lowest BCUT2D eigenvalue weighted by Crippen LogP contribution is -2.06. The molecule has 5 aromatic rings. The Bertz CT molecular complexity index is 2510. The highest BCUT2D eigenvalue weighted by molar-refractivity contribution is 5.92. The average molecular weight is 821 g/mol. The fraction of sp³-hybridized carbons (Fsp3) is 0.241. The zero-order chi connectivity index (χ0) is 45.0. The molecule has 4 heteroatoms. The SMILES string of the molecule is C#C.C=Cc1ccc(Nc2ccc3c(c2)c2c(n3C(C)/C=C\C(=C/C)Nc3ccc(C)c(CCCC)c3)C=CC(Nc3ccc4c(c3)C=CCC=C4)=CC2)cc1C=C.CC.CC. The van der Waals surface area contributed by atoms with Crippen LogP contribution in [0.2, 0.25) is 0 Å². The first kappa shape index (κ1) is 48.0. The van der Waals surface area contributed by atoms with Gasteiger partial charge in [0.05, 0.1) is 0 Å². The predicted octanol–water partition coefficient (Wildman–Crippen LogP) is 16.8. The third-order valence-corrected chi connectivity index (χ3v) is 10.9. The molecule has 0 radical (unpaired) electrons. The maximum absolute atomic E-state index is 4.01. The lowest BCUT2D eigenvalue weighted by molar-refractivity contribution is 0.679. The molecule has 0 fully saturated rings. The van der Waals surface area contributed by atoms with Crippen LogP contribution in [0.25, 0.3) is 41.3 Å². The molecule has 0 saturated heterocycles. The zero-order valence-corrected chi connectivity index (χ0v) is 38.5. The van der Waals surface area contributed by atoms with Gasteiger partial charge in [0.15, 0.2) is 0 Å². The number of fused-ring (bicyclic) bond motifs is 4. The maximum Gasteiger partial charge on any atom is 0.0498 e. The summed E-state index contributed by atoms with van der Waals surface area (Å²) < 4.78 is 2.48. The third-order valence-electron chi connectivity index (χ3n) is 10.9. The molecule has 4 nitrogen and oxygen atoms in total. The molecule has 0 aliphatic heterocycles. The molecule has 1 atom stereocenters. The molecule has 2 aliphatic rings. The molecule has 0 spiro atoms. The van der Waals surface area contributed by atoms with Crippen LogP contribution in [0.5, 0.6) is 0 Å². The molecule has 4 aromatic carbocycles. The van der Waals surface area contributed by atoms with Crippen LogP contribution in [0, 0.1) is 19.8 Å². The van der Waals surface area contributed by atoms with Gasteiger partial charge in [0.2, 0.25) is 0 Å². The number of unbranched alkanes of at least 4 members (excludes halogenated alkanes) is 1. The number of allylic oxidation sites excluding steroid dienone is 7. The van der Waals surface area contributed by atoms with Crippen LogP contribution in [0.3, 0.4) is 0 Å². The molecule has 0 bridgehead atoms. The van der Waals surface area contributed by atoms with Crippen molar-refractivity contribution in [2.45, 2.75) is 93.5 Å². The van der Waals surface area contributed by atoms with Crippen LogP contribution < -0.4 is 16.0 Å². The normalized spacial score (nSPS) is 13.0. The molecule has 1 unspecified atom stereocenters. The lowest BCUT2D eigenvalue weighted by Gasteiger charge is -2.16. The van der Waals surface area contributed by atoms with E-state index >= 15 is 0 Å². The van der Waals surface area contributed by atoms with E-state index in [9.17, 15) is 0 Å². The molecular formula is C58H68N4. The first-order chi connectivity index (χ1) is 30.4. The first-order valence-electron chi connectivity index (χ1n) is 22.4. The molecular weight excluding hydrogens is 753 g/mol. The number of nitrogens with zero attached hydrogens (tertiary/aromatic N) is 1. The smallest absolute Gasteiger partial charge is 0.0498 e. The van der Waals surface area contributed by atoms with Gasteiger partial charge < -0.3 is 20.5 Å². The van der Waals surface area contributed by atoms with E-state index in [-0.39, 0.29) is 6.04 Å². The first-order valence-corrected chi connectivity index (χ1v) is 22.4. The quantitative estimate of drug-likeness (QED) is 0.0772. The summed E-state index contributed by atoms with van der Waals surface area (Å²) in [5.74, 6) is 0. The molecule has 1 heterocycles. The molecule has 2 aliphatic carbocycles. The van der Waals surface area contributed by atoms with Gasteiger partial charge in [-0.15, -0.1) is 12.8 Å². The van der Waals surface area contributed by atoms with Crippen molar-refractivity contribution in [2.24, 2.45) is 0 Å². The van der Waals surface area contributed by atoms with Crippen LogP contribution in [0.15, 0.2) is 140 Å². The van der Waals surface area contributed by atoms with Gasteiger partial charge in [-0.1, -0.05) is 127 Å². The van der Waals surface area contributed by atoms with Crippen LogP contribution in [0.1, 0.15) is 118 Å². The van der Waals surface area contributed by atoms with E-state index in [1.807, 2.05) is 39.8 Å². The molecule has 3 N–H and O–H groups in total. The van der Waals surface area contributed by atoms with Gasteiger partial charge in [-0.05, 0) is 158 Å². The van der Waals surface area contributed by atoms with Gasteiger partial charge in [0, 0.05) is 56.8 Å². The van der Waals surface area contributed by atoms with Gasteiger partial charge >= 0.3 is 0 Å². The second kappa shape index (κ2) is 24.5. The molecule has 1 aromatic heterocycles. The highest BCUT2D eigenvalue weighted by Gasteiger charge is 2.20. The Hall–Kier alpha value is -6.70. The van der Waals surface area contributed by atoms with E-state index in [1.54, 1.807) is 0 Å². The number of hydrogen-bond donors (Lipinski definition) is 3. The Labute approximate surface area is 374 Å². The Balaban J connectivity index is 0.00000135. The largest absolute Gasteiger partial charge is 0.356 e. The summed E-state index contributed by atoms with van der Waals surface area (Å²) >= 11 is 0. The fourth-order valence-corrected chi connectivity index (χ4v) is 7.71. The Kier molecular flexibility index (Phi) is 19.0. The second-order valence-electron chi connectivity index (χ2n) is 14.8. The molecule has 0 amide bonds. The van der Waals surface area contributed by atoms with E-state index in [0.29, 0.717) is 0 Å². The van der Waals surface area contributed by atoms with Crippen LogP contribution in [-0.2, 0) is 12.8 Å². The lowest BCUT2D eigenvalue weighted by atomic mass is 10.0. The van der Waals surface area contributed by atoms with Crippen molar-refractivity contribution in [3.8, 4) is 12.8 Å². The molecule has 320 valence electrons. The minimum atomic E-state index is 0.0834. The van der Waals surface area contributed by atoms with Gasteiger partial charge in [0.1, 0.15) is 0 Å². The molecule has 7 rings (SSSR count). The summed E-state index contributed by atoms with van der Waals surface area (Å²) in [4.78, 5) is 0. The summed E-state index contributed by atoms with van der Waals surface area (Å²) in [6.07, 6.45) is 39.4. The summed E-state index contributed by atoms with van der Waals surface area (Å²) in [7, 11) is 0. The standard InChI is InChI=1S/C52H54N4.2C2H6.C2H2/c1-7-11-15-41-33-45(22-18-36(41)5)53-43(10-4)23-19-37(6)56-51-30-27-44(54-47-25-21-40-16-13-12-14-17-42(40)34-47)26-29-49(51)50-35-48(28-31-52(50)56)55-46-24-20-38(8-2)39(9-3)32-46;3*1-2/h8-10,13-14,16-28,30-35,37,53-55H,2-3,7,11-12,15,29H2,1,4-6H3;2*1-2H3;1-2H/b23-19-,43-10+;;;. The average Bonchev–Trinajstić information content (AvgIpc) is 3.46. The Morgan fingerprint density at radius 1 is 0.774 bits per heavy atom. The van der Waals surface area contributed by atoms with Crippen molar-refractivity contribution in [1.82, 2.24) is 4.57 Å². The van der Waals surface area contributed by atoms with Gasteiger partial charge in [0.25, 0.3) is 0 Å². The third kappa shape index (κ3) is 12.0. The van der Waals surface area contributed by atoms with Crippen LogP contribution in [0.4, 0.5) is 22.7 Å². The summed E-state index contributed by atoms with van der Waals surface area (Å²) in [6.45, 7) is 24.8. The number of terminal acetylenes is 1. The minimum absolute atomic E-state index is 0.0834. The summed E-state index contributed by atoms with van der Waals surface area (Å²) in [5, 5.41) is 12.3. The number of rotatable bonds is 14. The highest BCUT2D eigenvalue weighted by Crippen LogP contribution is 2.36. The summed E-state index contributed by atoms with van der Waals surface area (Å²) in [5.41, 5.74) is 17.5. The van der Waals surface area contributed by atoms with Crippen molar-refractivity contribution in [3.05, 3.63) is 185 Å². The number of aromatic nitrogens is 1. The van der Waals surface area contributed by atoms with E-state index in [2.05, 4.69) is 208 Å². The van der Waals surface area contributed by atoms with Crippen LogP contribution >= 0.6 is 0 Å². The number of nitrogens with one attached hydrogen (secondary N) is 3. The van der Waals surface area contributed by atoms with Crippen molar-refractivity contribution in [3.63, 3.8) is 0 Å². The number of aryl methyl sites for hydroxylation is 2. The van der Waals surface area contributed by atoms with Crippen molar-refractivity contribution >= 4 is 64.0 Å². The van der Waals surface area contributed by atoms with Crippen molar-refractivity contribution in [2.75, 3.05) is 16.0 Å². The van der Waals surface area contributed by atoms with Crippen molar-refractivity contribution in [1.29, 1.82) is 0 Å². The van der Waals surface area contributed by atoms with E-state index in [0.717, 1.165) is 64.5 Å². The maximum atomic E-state index is 4.01. The van der Waals surface area contributed by atoms with E-state index in [4.69, 9.17) is 0 Å². The van der Waals surface area contributed by atoms with E-state index < -0.39 is 0 Å². The van der Waals surface area contributed by atoms with Crippen molar-refractivity contribution < 1.29 is 0 Å². The monoisotopic (exact) mass is 821 g/mol. The van der Waals surface area contributed by atoms with E-state index in [1.165, 1.54) is 57.3 Å². The summed E-state index contributed by atoms with van der Waals surface area (Å²) in [6, 6.07) is 26.5. The highest BCUT2D eigenvalue weighted by atomic mass is 15.0. The topological polar surface area (TPSA) is 41.0 Å². The Morgan fingerprint density at radius 3 is 2.18 bits per heavy atom. The number of hydrogen-bond acceptors (Lipinski definition) is 3. The van der Waals surface area contributed by atoms with Crippen LogP contribution in [-0.4, -0.2) is 4.57 Å². The van der Waals surface area contributed by atoms with Gasteiger partial charge in [-0.25, -0.2) is 0 Å². The fourth-order valence-electron chi connectivity index (χ4n) is 7.71. The Morgan fingerprint density at radius 2 is 1.45 bits per heavy atom. The van der Waals surface area contributed by atoms with Gasteiger partial charge in [-0.2, -0.15) is 0 Å².